The molecule has 0 fully saturated rings. The van der Waals surface area contributed by atoms with E-state index in [9.17, 15) is 0 Å². The molecule has 0 aliphatic heterocycles. The van der Waals surface area contributed by atoms with E-state index in [2.05, 4.69) is 25.2 Å². The summed E-state index contributed by atoms with van der Waals surface area (Å²) in [6, 6.07) is 0. The minimum Gasteiger partial charge on any atom is -0.0877 e. The van der Waals surface area contributed by atoms with Crippen LogP contribution in [0.5, 0.6) is 0 Å². The van der Waals surface area contributed by atoms with E-state index in [1.807, 2.05) is 26.8 Å². The summed E-state index contributed by atoms with van der Waals surface area (Å²) in [5.41, 5.74) is 0. The summed E-state index contributed by atoms with van der Waals surface area (Å²) >= 11 is 0. The Morgan fingerprint density at radius 2 is 1.64 bits per heavy atom. The van der Waals surface area contributed by atoms with Crippen LogP contribution in [-0.2, 0) is 0 Å². The molecule has 0 saturated heterocycles. The molecular formula is C11H24. The molecule has 0 unspecified atom stereocenters. The second kappa shape index (κ2) is 22.7. The maximum atomic E-state index is 2.18. The molecule has 0 aliphatic carbocycles. The highest BCUT2D eigenvalue weighted by molar-refractivity contribution is 5.00. The normalized spacial score (nSPS) is 9.09. The Morgan fingerprint density at radius 3 is 2.00 bits per heavy atom. The Balaban J connectivity index is -0.000000196. The van der Waals surface area contributed by atoms with Crippen molar-refractivity contribution in [2.24, 2.45) is 0 Å². The lowest BCUT2D eigenvalue weighted by Gasteiger charge is -1.78. The van der Waals surface area contributed by atoms with E-state index < -0.39 is 0 Å². The summed E-state index contributed by atoms with van der Waals surface area (Å²) in [6.45, 7) is 8.20. The summed E-state index contributed by atoms with van der Waals surface area (Å²) in [7, 11) is 0. The molecule has 0 aromatic carbocycles. The number of hydrogen-bond acceptors (Lipinski definition) is 0. The average molecular weight is 156 g/mol. The maximum absolute atomic E-state index is 2.18. The van der Waals surface area contributed by atoms with E-state index >= 15 is 0 Å². The zero-order chi connectivity index (χ0) is 8.24. The first-order chi connectivity index (χ1) is 4.91. The van der Waals surface area contributed by atoms with Gasteiger partial charge in [0.2, 0.25) is 0 Å². The molecule has 0 nitrogen and oxygen atoms in total. The third-order valence-corrected chi connectivity index (χ3v) is 0.895. The van der Waals surface area contributed by atoms with Gasteiger partial charge in [0.25, 0.3) is 0 Å². The molecule has 0 bridgehead atoms. The van der Waals surface area contributed by atoms with Crippen molar-refractivity contribution in [3.8, 4) is 0 Å². The fourth-order valence-electron chi connectivity index (χ4n) is 0.453. The minimum atomic E-state index is 0. The average Bonchev–Trinajstić information content (AvgIpc) is 2.02. The lowest BCUT2D eigenvalue weighted by molar-refractivity contribution is 0.959. The van der Waals surface area contributed by atoms with E-state index in [0.29, 0.717) is 0 Å². The van der Waals surface area contributed by atoms with Crippen LogP contribution < -0.4 is 0 Å². The highest BCUT2D eigenvalue weighted by Crippen LogP contribution is 1.87. The van der Waals surface area contributed by atoms with Gasteiger partial charge in [0.1, 0.15) is 0 Å². The van der Waals surface area contributed by atoms with Crippen molar-refractivity contribution in [1.29, 1.82) is 0 Å². The topological polar surface area (TPSA) is 0 Å². The smallest absolute Gasteiger partial charge is 0.0350 e. The van der Waals surface area contributed by atoms with Gasteiger partial charge < -0.3 is 0 Å². The number of hydrogen-bond donors (Lipinski definition) is 0. The largest absolute Gasteiger partial charge is 0.0877 e. The van der Waals surface area contributed by atoms with Gasteiger partial charge in [-0.3, -0.25) is 0 Å². The Kier molecular flexibility index (Phi) is 34.7. The SMILES string of the molecule is C.C/C=C\C=C/CCC.CC. The van der Waals surface area contributed by atoms with Crippen molar-refractivity contribution >= 4 is 0 Å². The molecular weight excluding hydrogens is 132 g/mol. The van der Waals surface area contributed by atoms with Crippen molar-refractivity contribution in [2.75, 3.05) is 0 Å². The van der Waals surface area contributed by atoms with Crippen LogP contribution in [-0.4, -0.2) is 0 Å². The predicted molar refractivity (Wildman–Crippen MR) is 56.9 cm³/mol. The molecule has 0 aliphatic rings. The van der Waals surface area contributed by atoms with Gasteiger partial charge in [0, 0.05) is 0 Å². The third kappa shape index (κ3) is 26.4. The first-order valence-electron chi connectivity index (χ1n) is 4.19. The van der Waals surface area contributed by atoms with Crippen molar-refractivity contribution in [1.82, 2.24) is 0 Å². The molecule has 0 N–H and O–H groups in total. The second-order valence-corrected chi connectivity index (χ2v) is 1.74. The fraction of sp³-hybridized carbons (Fsp3) is 0.636. The fourth-order valence-corrected chi connectivity index (χ4v) is 0.453. The van der Waals surface area contributed by atoms with Crippen LogP contribution in [0.3, 0.4) is 0 Å². The first kappa shape index (κ1) is 16.8. The maximum Gasteiger partial charge on any atom is -0.0350 e. The molecule has 0 spiro atoms. The molecule has 0 heteroatoms. The van der Waals surface area contributed by atoms with Crippen LogP contribution in [0.2, 0.25) is 0 Å². The summed E-state index contributed by atoms with van der Waals surface area (Å²) in [6.07, 6.45) is 10.8. The van der Waals surface area contributed by atoms with Crippen LogP contribution in [0.4, 0.5) is 0 Å². The summed E-state index contributed by atoms with van der Waals surface area (Å²) in [4.78, 5) is 0. The molecule has 0 radical (unpaired) electrons. The number of unbranched alkanes of at least 4 members (excludes halogenated alkanes) is 1. The Bertz CT molecular complexity index is 78.0. The Hall–Kier alpha value is -0.520. The van der Waals surface area contributed by atoms with Gasteiger partial charge in [-0.1, -0.05) is 58.9 Å². The van der Waals surface area contributed by atoms with Crippen LogP contribution >= 0.6 is 0 Å². The molecule has 68 valence electrons. The van der Waals surface area contributed by atoms with Crippen molar-refractivity contribution in [3.63, 3.8) is 0 Å². The summed E-state index contributed by atoms with van der Waals surface area (Å²) in [5.74, 6) is 0. The minimum absolute atomic E-state index is 0. The quantitative estimate of drug-likeness (QED) is 0.525. The van der Waals surface area contributed by atoms with E-state index in [1.54, 1.807) is 0 Å². The standard InChI is InChI=1S/C8H14.C2H6.CH4/c1-3-5-7-8-6-4-2;1-2;/h3,5,7-8H,4,6H2,1-2H3;1-2H3;1H4/b5-3-,8-7-;;. The van der Waals surface area contributed by atoms with Gasteiger partial charge in [-0.05, 0) is 13.3 Å². The zero-order valence-corrected chi connectivity index (χ0v) is 7.72. The van der Waals surface area contributed by atoms with Crippen LogP contribution in [0.1, 0.15) is 48.0 Å². The van der Waals surface area contributed by atoms with Gasteiger partial charge in [0.15, 0.2) is 0 Å². The van der Waals surface area contributed by atoms with E-state index in [-0.39, 0.29) is 7.43 Å². The van der Waals surface area contributed by atoms with Crippen molar-refractivity contribution in [3.05, 3.63) is 24.3 Å². The van der Waals surface area contributed by atoms with Crippen molar-refractivity contribution < 1.29 is 0 Å². The molecule has 11 heavy (non-hydrogen) atoms. The lowest BCUT2D eigenvalue weighted by Crippen LogP contribution is -1.57. The molecule has 0 aromatic rings. The monoisotopic (exact) mass is 156 g/mol. The molecule has 0 atom stereocenters. The Morgan fingerprint density at radius 1 is 1.09 bits per heavy atom. The Labute approximate surface area is 73.0 Å². The lowest BCUT2D eigenvalue weighted by atomic mass is 10.3. The number of rotatable bonds is 3. The highest BCUT2D eigenvalue weighted by atomic mass is 13.7. The molecule has 0 rings (SSSR count). The highest BCUT2D eigenvalue weighted by Gasteiger charge is 1.67. The zero-order valence-electron chi connectivity index (χ0n) is 7.72. The molecule has 0 aromatic heterocycles. The second-order valence-electron chi connectivity index (χ2n) is 1.74. The van der Waals surface area contributed by atoms with Crippen LogP contribution in [0.25, 0.3) is 0 Å². The van der Waals surface area contributed by atoms with Gasteiger partial charge in [0.05, 0.1) is 0 Å². The van der Waals surface area contributed by atoms with Gasteiger partial charge in [-0.2, -0.15) is 0 Å². The van der Waals surface area contributed by atoms with Crippen LogP contribution in [0.15, 0.2) is 24.3 Å². The summed E-state index contributed by atoms with van der Waals surface area (Å²) < 4.78 is 0. The predicted octanol–water partition coefficient (Wildman–Crippen LogP) is 4.58. The van der Waals surface area contributed by atoms with Crippen molar-refractivity contribution in [2.45, 2.75) is 48.0 Å². The molecule has 0 saturated carbocycles. The van der Waals surface area contributed by atoms with E-state index in [0.717, 1.165) is 0 Å². The van der Waals surface area contributed by atoms with Crippen LogP contribution in [0, 0.1) is 0 Å². The third-order valence-electron chi connectivity index (χ3n) is 0.895. The van der Waals surface area contributed by atoms with Gasteiger partial charge in [-0.25, -0.2) is 0 Å². The molecule has 0 amide bonds. The van der Waals surface area contributed by atoms with Gasteiger partial charge >= 0.3 is 0 Å². The van der Waals surface area contributed by atoms with Gasteiger partial charge in [-0.15, -0.1) is 0 Å². The van der Waals surface area contributed by atoms with E-state index in [1.165, 1.54) is 12.8 Å². The first-order valence-corrected chi connectivity index (χ1v) is 4.19. The molecule has 0 heterocycles. The summed E-state index contributed by atoms with van der Waals surface area (Å²) in [5, 5.41) is 0. The van der Waals surface area contributed by atoms with E-state index in [4.69, 9.17) is 0 Å². The number of allylic oxidation sites excluding steroid dienone is 4.